The van der Waals surface area contributed by atoms with Crippen molar-refractivity contribution < 1.29 is 4.42 Å². The number of hydrogen-bond donors (Lipinski definition) is 0. The van der Waals surface area contributed by atoms with E-state index >= 15 is 0 Å². The summed E-state index contributed by atoms with van der Waals surface area (Å²) in [5.41, 5.74) is 2.32. The first-order valence-electron chi connectivity index (χ1n) is 6.63. The van der Waals surface area contributed by atoms with Gasteiger partial charge in [-0.3, -0.25) is 0 Å². The fourth-order valence-electron chi connectivity index (χ4n) is 2.29. The predicted molar refractivity (Wildman–Crippen MR) is 77.3 cm³/mol. The van der Waals surface area contributed by atoms with Crippen LogP contribution in [0.3, 0.4) is 0 Å². The van der Waals surface area contributed by atoms with Crippen LogP contribution >= 0.6 is 0 Å². The maximum Gasteiger partial charge on any atom is 0.194 e. The Hall–Kier alpha value is -2.09. The number of oxazole rings is 1. The summed E-state index contributed by atoms with van der Waals surface area (Å²) in [4.78, 5) is 4.42. The molecule has 2 nitrogen and oxygen atoms in total. The van der Waals surface area contributed by atoms with Crippen molar-refractivity contribution in [1.82, 2.24) is 4.98 Å². The van der Waals surface area contributed by atoms with Crippen molar-refractivity contribution >= 4 is 10.8 Å². The summed E-state index contributed by atoms with van der Waals surface area (Å²) in [6.07, 6.45) is 1.82. The molecule has 0 aliphatic heterocycles. The third-order valence-corrected chi connectivity index (χ3v) is 3.51. The van der Waals surface area contributed by atoms with E-state index in [1.807, 2.05) is 13.8 Å². The van der Waals surface area contributed by atoms with Crippen molar-refractivity contribution in [1.29, 1.82) is 0 Å². The van der Waals surface area contributed by atoms with Gasteiger partial charge in [0.1, 0.15) is 5.76 Å². The minimum Gasteiger partial charge on any atom is -0.446 e. The Morgan fingerprint density at radius 3 is 2.47 bits per heavy atom. The SMILES string of the molecule is Cc1nc(CCc2ccc3ccccc3c2)oc1C. The van der Waals surface area contributed by atoms with E-state index in [-0.39, 0.29) is 0 Å². The molecule has 0 fully saturated rings. The molecule has 0 bridgehead atoms. The van der Waals surface area contributed by atoms with Gasteiger partial charge < -0.3 is 4.42 Å². The lowest BCUT2D eigenvalue weighted by molar-refractivity contribution is 0.470. The molecular weight excluding hydrogens is 234 g/mol. The van der Waals surface area contributed by atoms with Crippen molar-refractivity contribution in [2.45, 2.75) is 26.7 Å². The van der Waals surface area contributed by atoms with E-state index in [4.69, 9.17) is 4.42 Å². The summed E-state index contributed by atoms with van der Waals surface area (Å²) >= 11 is 0. The number of rotatable bonds is 3. The van der Waals surface area contributed by atoms with Crippen molar-refractivity contribution in [2.24, 2.45) is 0 Å². The molecule has 19 heavy (non-hydrogen) atoms. The summed E-state index contributed by atoms with van der Waals surface area (Å²) in [5, 5.41) is 2.58. The second kappa shape index (κ2) is 4.88. The van der Waals surface area contributed by atoms with Crippen molar-refractivity contribution in [3.05, 3.63) is 65.4 Å². The zero-order valence-corrected chi connectivity index (χ0v) is 11.3. The van der Waals surface area contributed by atoms with Gasteiger partial charge in [-0.2, -0.15) is 0 Å². The lowest BCUT2D eigenvalue weighted by Gasteiger charge is -2.02. The van der Waals surface area contributed by atoms with E-state index in [1.54, 1.807) is 0 Å². The molecule has 2 aromatic carbocycles. The summed E-state index contributed by atoms with van der Waals surface area (Å²) in [6, 6.07) is 15.0. The maximum atomic E-state index is 5.61. The Morgan fingerprint density at radius 2 is 1.74 bits per heavy atom. The Labute approximate surface area is 113 Å². The van der Waals surface area contributed by atoms with Gasteiger partial charge >= 0.3 is 0 Å². The van der Waals surface area contributed by atoms with Crippen LogP contribution in [0.4, 0.5) is 0 Å². The largest absolute Gasteiger partial charge is 0.446 e. The number of benzene rings is 2. The van der Waals surface area contributed by atoms with Crippen LogP contribution in [-0.2, 0) is 12.8 Å². The molecule has 0 saturated heterocycles. The van der Waals surface area contributed by atoms with E-state index in [2.05, 4.69) is 47.4 Å². The monoisotopic (exact) mass is 251 g/mol. The van der Waals surface area contributed by atoms with Gasteiger partial charge in [-0.25, -0.2) is 4.98 Å². The highest BCUT2D eigenvalue weighted by Gasteiger charge is 2.05. The van der Waals surface area contributed by atoms with Crippen molar-refractivity contribution in [3.8, 4) is 0 Å². The first-order valence-corrected chi connectivity index (χ1v) is 6.63. The number of fused-ring (bicyclic) bond motifs is 1. The van der Waals surface area contributed by atoms with Crippen LogP contribution in [0.5, 0.6) is 0 Å². The van der Waals surface area contributed by atoms with E-state index < -0.39 is 0 Å². The first-order chi connectivity index (χ1) is 9.22. The molecule has 0 saturated carbocycles. The van der Waals surface area contributed by atoms with Crippen LogP contribution in [0, 0.1) is 13.8 Å². The Morgan fingerprint density at radius 1 is 0.947 bits per heavy atom. The minimum absolute atomic E-state index is 0.836. The second-order valence-corrected chi connectivity index (χ2v) is 4.93. The van der Waals surface area contributed by atoms with Crippen molar-refractivity contribution in [3.63, 3.8) is 0 Å². The third-order valence-electron chi connectivity index (χ3n) is 3.51. The lowest BCUT2D eigenvalue weighted by Crippen LogP contribution is -1.91. The maximum absolute atomic E-state index is 5.61. The molecule has 0 unspecified atom stereocenters. The quantitative estimate of drug-likeness (QED) is 0.696. The molecule has 1 heterocycles. The number of aromatic nitrogens is 1. The number of hydrogen-bond acceptors (Lipinski definition) is 2. The lowest BCUT2D eigenvalue weighted by atomic mass is 10.0. The first kappa shape index (κ1) is 12.0. The Bertz CT molecular complexity index is 693. The molecule has 0 aliphatic rings. The molecule has 0 radical (unpaired) electrons. The van der Waals surface area contributed by atoms with E-state index in [1.165, 1.54) is 16.3 Å². The Kier molecular flexibility index (Phi) is 3.08. The second-order valence-electron chi connectivity index (χ2n) is 4.93. The molecule has 1 aromatic heterocycles. The van der Waals surface area contributed by atoms with Crippen LogP contribution in [0.2, 0.25) is 0 Å². The summed E-state index contributed by atoms with van der Waals surface area (Å²) in [6.45, 7) is 3.94. The van der Waals surface area contributed by atoms with E-state index in [0.29, 0.717) is 0 Å². The molecule has 3 aromatic rings. The average molecular weight is 251 g/mol. The van der Waals surface area contributed by atoms with E-state index in [9.17, 15) is 0 Å². The van der Waals surface area contributed by atoms with Gasteiger partial charge in [-0.05, 0) is 36.6 Å². The highest BCUT2D eigenvalue weighted by molar-refractivity contribution is 5.82. The minimum atomic E-state index is 0.836. The smallest absolute Gasteiger partial charge is 0.194 e. The average Bonchev–Trinajstić information content (AvgIpc) is 2.75. The van der Waals surface area contributed by atoms with Gasteiger partial charge in [0.15, 0.2) is 5.89 Å². The molecule has 2 heteroatoms. The van der Waals surface area contributed by atoms with Crippen LogP contribution < -0.4 is 0 Å². The Balaban J connectivity index is 1.78. The number of aryl methyl sites for hydroxylation is 4. The van der Waals surface area contributed by atoms with Crippen LogP contribution in [0.25, 0.3) is 10.8 Å². The zero-order chi connectivity index (χ0) is 13.2. The molecule has 0 amide bonds. The standard InChI is InChI=1S/C17H17NO/c1-12-13(2)19-17(18-12)10-8-14-7-9-15-5-3-4-6-16(15)11-14/h3-7,9,11H,8,10H2,1-2H3. The van der Waals surface area contributed by atoms with E-state index in [0.717, 1.165) is 30.2 Å². The fourth-order valence-corrected chi connectivity index (χ4v) is 2.29. The van der Waals surface area contributed by atoms with Gasteiger partial charge in [0.05, 0.1) is 5.69 Å². The molecule has 0 N–H and O–H groups in total. The predicted octanol–water partition coefficient (Wildman–Crippen LogP) is 4.23. The van der Waals surface area contributed by atoms with Crippen LogP contribution in [0.15, 0.2) is 46.9 Å². The van der Waals surface area contributed by atoms with Crippen LogP contribution in [-0.4, -0.2) is 4.98 Å². The van der Waals surface area contributed by atoms with Crippen LogP contribution in [0.1, 0.15) is 22.9 Å². The third kappa shape index (κ3) is 2.53. The highest BCUT2D eigenvalue weighted by Crippen LogP contribution is 2.17. The highest BCUT2D eigenvalue weighted by atomic mass is 16.4. The number of nitrogens with zero attached hydrogens (tertiary/aromatic N) is 1. The van der Waals surface area contributed by atoms with Crippen molar-refractivity contribution in [2.75, 3.05) is 0 Å². The van der Waals surface area contributed by atoms with Gasteiger partial charge in [0, 0.05) is 6.42 Å². The molecule has 0 atom stereocenters. The molecule has 3 rings (SSSR count). The summed E-state index contributed by atoms with van der Waals surface area (Å²) in [7, 11) is 0. The van der Waals surface area contributed by atoms with Gasteiger partial charge in [-0.15, -0.1) is 0 Å². The molecule has 0 aliphatic carbocycles. The topological polar surface area (TPSA) is 26.0 Å². The molecular formula is C17H17NO. The molecule has 0 spiro atoms. The van der Waals surface area contributed by atoms with Gasteiger partial charge in [-0.1, -0.05) is 42.5 Å². The van der Waals surface area contributed by atoms with Gasteiger partial charge in [0.25, 0.3) is 0 Å². The summed E-state index contributed by atoms with van der Waals surface area (Å²) in [5.74, 6) is 1.76. The zero-order valence-electron chi connectivity index (χ0n) is 11.3. The molecule has 96 valence electrons. The van der Waals surface area contributed by atoms with Gasteiger partial charge in [0.2, 0.25) is 0 Å². The normalized spacial score (nSPS) is 11.1. The summed E-state index contributed by atoms with van der Waals surface area (Å²) < 4.78 is 5.61. The fraction of sp³-hybridized carbons (Fsp3) is 0.235.